The molecular formula is C15H14ClF2NO. The molecule has 5 heteroatoms. The fraction of sp³-hybridized carbons (Fsp3) is 0.200. The summed E-state index contributed by atoms with van der Waals surface area (Å²) < 4.78 is 32.5. The highest BCUT2D eigenvalue weighted by atomic mass is 35.5. The number of benzene rings is 2. The topological polar surface area (TPSA) is 35.2 Å². The first-order valence-electron chi connectivity index (χ1n) is 6.15. The van der Waals surface area contributed by atoms with E-state index in [0.717, 1.165) is 5.56 Å². The van der Waals surface area contributed by atoms with E-state index in [1.54, 1.807) is 6.07 Å². The average Bonchev–Trinajstić information content (AvgIpc) is 2.42. The van der Waals surface area contributed by atoms with E-state index >= 15 is 0 Å². The van der Waals surface area contributed by atoms with Gasteiger partial charge in [0, 0.05) is 10.6 Å². The lowest BCUT2D eigenvalue weighted by atomic mass is 10.1. The second-order valence-corrected chi connectivity index (χ2v) is 4.76. The molecule has 0 aliphatic carbocycles. The summed E-state index contributed by atoms with van der Waals surface area (Å²) >= 11 is 5.78. The van der Waals surface area contributed by atoms with Gasteiger partial charge in [-0.15, -0.1) is 0 Å². The minimum atomic E-state index is -0.488. The minimum Gasteiger partial charge on any atom is -0.486 e. The highest BCUT2D eigenvalue weighted by Gasteiger charge is 2.08. The van der Waals surface area contributed by atoms with Crippen LogP contribution >= 0.6 is 11.6 Å². The highest BCUT2D eigenvalue weighted by Crippen LogP contribution is 2.21. The average molecular weight is 298 g/mol. The van der Waals surface area contributed by atoms with Gasteiger partial charge in [0.2, 0.25) is 0 Å². The van der Waals surface area contributed by atoms with Crippen LogP contribution in [0.2, 0.25) is 5.02 Å². The van der Waals surface area contributed by atoms with Gasteiger partial charge in [-0.2, -0.15) is 0 Å². The largest absolute Gasteiger partial charge is 0.486 e. The van der Waals surface area contributed by atoms with Crippen molar-refractivity contribution >= 4 is 11.6 Å². The quantitative estimate of drug-likeness (QED) is 0.913. The molecule has 0 fully saturated rings. The molecule has 0 amide bonds. The van der Waals surface area contributed by atoms with Crippen LogP contribution in [0.5, 0.6) is 5.75 Å². The Morgan fingerprint density at radius 3 is 2.55 bits per heavy atom. The predicted octanol–water partition coefficient (Wildman–Crippen LogP) is 3.70. The van der Waals surface area contributed by atoms with E-state index in [0.29, 0.717) is 18.0 Å². The molecule has 2 aromatic rings. The highest BCUT2D eigenvalue weighted by molar-refractivity contribution is 6.30. The third-order valence-corrected chi connectivity index (χ3v) is 3.06. The van der Waals surface area contributed by atoms with Crippen LogP contribution in [0.25, 0.3) is 0 Å². The summed E-state index contributed by atoms with van der Waals surface area (Å²) in [7, 11) is 0. The summed E-state index contributed by atoms with van der Waals surface area (Å²) in [4.78, 5) is 0. The molecule has 0 aliphatic heterocycles. The zero-order valence-electron chi connectivity index (χ0n) is 10.7. The van der Waals surface area contributed by atoms with E-state index in [4.69, 9.17) is 22.1 Å². The van der Waals surface area contributed by atoms with Gasteiger partial charge in [0.05, 0.1) is 0 Å². The van der Waals surface area contributed by atoms with Crippen LogP contribution in [-0.4, -0.2) is 6.54 Å². The van der Waals surface area contributed by atoms with Crippen molar-refractivity contribution < 1.29 is 13.5 Å². The van der Waals surface area contributed by atoms with E-state index in [-0.39, 0.29) is 17.9 Å². The van der Waals surface area contributed by atoms with Crippen molar-refractivity contribution in [1.82, 2.24) is 0 Å². The van der Waals surface area contributed by atoms with Gasteiger partial charge in [-0.05, 0) is 48.9 Å². The summed E-state index contributed by atoms with van der Waals surface area (Å²) in [5.41, 5.74) is 6.48. The number of ether oxygens (including phenoxy) is 1. The van der Waals surface area contributed by atoms with Crippen LogP contribution < -0.4 is 10.5 Å². The van der Waals surface area contributed by atoms with E-state index < -0.39 is 11.6 Å². The van der Waals surface area contributed by atoms with Crippen molar-refractivity contribution in [2.75, 3.05) is 6.54 Å². The lowest BCUT2D eigenvalue weighted by Gasteiger charge is -2.09. The van der Waals surface area contributed by atoms with Crippen LogP contribution in [0.3, 0.4) is 0 Å². The monoisotopic (exact) mass is 297 g/mol. The molecule has 0 spiro atoms. The third kappa shape index (κ3) is 3.68. The predicted molar refractivity (Wildman–Crippen MR) is 74.9 cm³/mol. The number of halogens is 3. The molecule has 0 atom stereocenters. The molecule has 2 aromatic carbocycles. The Morgan fingerprint density at radius 1 is 1.05 bits per heavy atom. The summed E-state index contributed by atoms with van der Waals surface area (Å²) in [5, 5.41) is 0.406. The third-order valence-electron chi connectivity index (χ3n) is 2.82. The summed E-state index contributed by atoms with van der Waals surface area (Å²) in [6.45, 7) is 0.368. The van der Waals surface area contributed by atoms with Gasteiger partial charge in [0.25, 0.3) is 0 Å². The van der Waals surface area contributed by atoms with Crippen LogP contribution in [0.4, 0.5) is 8.78 Å². The van der Waals surface area contributed by atoms with Gasteiger partial charge in [-0.3, -0.25) is 0 Å². The van der Waals surface area contributed by atoms with E-state index in [1.165, 1.54) is 30.3 Å². The minimum absolute atomic E-state index is 0.0742. The summed E-state index contributed by atoms with van der Waals surface area (Å²) in [5.74, 6) is -0.849. The molecule has 20 heavy (non-hydrogen) atoms. The maximum atomic E-state index is 13.8. The van der Waals surface area contributed by atoms with E-state index in [2.05, 4.69) is 0 Å². The molecule has 0 bridgehead atoms. The molecule has 2 N–H and O–H groups in total. The molecule has 0 saturated heterocycles. The van der Waals surface area contributed by atoms with Gasteiger partial charge in [0.1, 0.15) is 12.4 Å². The van der Waals surface area contributed by atoms with E-state index in [1.807, 2.05) is 0 Å². The first kappa shape index (κ1) is 14.8. The Balaban J connectivity index is 2.09. The number of rotatable bonds is 5. The molecule has 106 valence electrons. The van der Waals surface area contributed by atoms with Crippen molar-refractivity contribution in [2.24, 2.45) is 5.73 Å². The number of hydrogen-bond acceptors (Lipinski definition) is 2. The molecule has 0 radical (unpaired) electrons. The number of hydrogen-bond donors (Lipinski definition) is 1. The van der Waals surface area contributed by atoms with Crippen LogP contribution in [0, 0.1) is 11.6 Å². The molecular weight excluding hydrogens is 284 g/mol. The molecule has 0 heterocycles. The maximum Gasteiger partial charge on any atom is 0.165 e. The van der Waals surface area contributed by atoms with Crippen LogP contribution in [0.15, 0.2) is 36.4 Å². The van der Waals surface area contributed by atoms with Gasteiger partial charge >= 0.3 is 0 Å². The van der Waals surface area contributed by atoms with E-state index in [9.17, 15) is 8.78 Å². The molecule has 0 aromatic heterocycles. The van der Waals surface area contributed by atoms with Gasteiger partial charge in [0.15, 0.2) is 11.6 Å². The normalized spacial score (nSPS) is 10.6. The molecule has 0 unspecified atom stereocenters. The Kier molecular flexibility index (Phi) is 4.93. The lowest BCUT2D eigenvalue weighted by Crippen LogP contribution is -2.04. The first-order valence-corrected chi connectivity index (χ1v) is 6.53. The Morgan fingerprint density at radius 2 is 1.85 bits per heavy atom. The molecule has 2 rings (SSSR count). The molecule has 2 nitrogen and oxygen atoms in total. The smallest absolute Gasteiger partial charge is 0.165 e. The fourth-order valence-electron chi connectivity index (χ4n) is 1.79. The zero-order chi connectivity index (χ0) is 14.5. The first-order chi connectivity index (χ1) is 9.60. The Labute approximate surface area is 121 Å². The second-order valence-electron chi connectivity index (χ2n) is 4.33. The van der Waals surface area contributed by atoms with Crippen molar-refractivity contribution in [3.05, 3.63) is 64.2 Å². The Bertz CT molecular complexity index is 604. The standard InChI is InChI=1S/C15H14ClF2NO/c16-12-2-3-13(17)11(8-12)9-20-15-4-1-10(5-6-19)7-14(15)18/h1-4,7-8H,5-6,9,19H2. The summed E-state index contributed by atoms with van der Waals surface area (Å²) in [6, 6.07) is 8.78. The summed E-state index contributed by atoms with van der Waals surface area (Å²) in [6.07, 6.45) is 0.597. The van der Waals surface area contributed by atoms with Gasteiger partial charge in [-0.1, -0.05) is 17.7 Å². The number of nitrogens with two attached hydrogens (primary N) is 1. The van der Waals surface area contributed by atoms with Crippen LogP contribution in [0.1, 0.15) is 11.1 Å². The van der Waals surface area contributed by atoms with Crippen molar-refractivity contribution in [1.29, 1.82) is 0 Å². The van der Waals surface area contributed by atoms with Gasteiger partial charge < -0.3 is 10.5 Å². The lowest BCUT2D eigenvalue weighted by molar-refractivity contribution is 0.284. The molecule has 0 saturated carbocycles. The zero-order valence-corrected chi connectivity index (χ0v) is 11.5. The van der Waals surface area contributed by atoms with Crippen molar-refractivity contribution in [2.45, 2.75) is 13.0 Å². The van der Waals surface area contributed by atoms with Crippen LogP contribution in [-0.2, 0) is 13.0 Å². The fourth-order valence-corrected chi connectivity index (χ4v) is 1.99. The second kappa shape index (κ2) is 6.68. The molecule has 0 aliphatic rings. The maximum absolute atomic E-state index is 13.8. The van der Waals surface area contributed by atoms with Gasteiger partial charge in [-0.25, -0.2) is 8.78 Å². The van der Waals surface area contributed by atoms with Crippen molar-refractivity contribution in [3.8, 4) is 5.75 Å². The Hall–Kier alpha value is -1.65. The SMILES string of the molecule is NCCc1ccc(OCc2cc(Cl)ccc2F)c(F)c1. The van der Waals surface area contributed by atoms with Crippen molar-refractivity contribution in [3.63, 3.8) is 0 Å².